The fourth-order valence-electron chi connectivity index (χ4n) is 4.11. The first-order chi connectivity index (χ1) is 16.9. The summed E-state index contributed by atoms with van der Waals surface area (Å²) in [5.74, 6) is 0.513. The molecule has 0 aromatic heterocycles. The third kappa shape index (κ3) is 5.20. The van der Waals surface area contributed by atoms with Gasteiger partial charge in [-0.2, -0.15) is 0 Å². The number of hydrogen-bond acceptors (Lipinski definition) is 4. The summed E-state index contributed by atoms with van der Waals surface area (Å²) in [5.41, 5.74) is 4.61. The van der Waals surface area contributed by atoms with Gasteiger partial charge in [0.25, 0.3) is 0 Å². The molecule has 176 valence electrons. The molecule has 4 rings (SSSR count). The Bertz CT molecular complexity index is 1300. The van der Waals surface area contributed by atoms with Crippen LogP contribution in [0.3, 0.4) is 0 Å². The maximum Gasteiger partial charge on any atom is 0.407 e. The van der Waals surface area contributed by atoms with E-state index in [0.717, 1.165) is 22.3 Å². The predicted molar refractivity (Wildman–Crippen MR) is 135 cm³/mol. The maximum absolute atomic E-state index is 12.8. The molecular formula is C27H21BrN2O5. The van der Waals surface area contributed by atoms with Crippen molar-refractivity contribution in [2.24, 2.45) is 0 Å². The van der Waals surface area contributed by atoms with E-state index in [-0.39, 0.29) is 30.2 Å². The fourth-order valence-corrected chi connectivity index (χ4v) is 4.52. The number of anilines is 1. The zero-order chi connectivity index (χ0) is 24.9. The Morgan fingerprint density at radius 3 is 2.26 bits per heavy atom. The molecule has 0 heterocycles. The smallest absolute Gasteiger partial charge is 0.407 e. The van der Waals surface area contributed by atoms with Gasteiger partial charge in [0.2, 0.25) is 5.91 Å². The number of carbonyl (C=O) groups is 3. The number of carboxylic acids is 1. The van der Waals surface area contributed by atoms with Gasteiger partial charge in [0, 0.05) is 22.5 Å². The molecule has 35 heavy (non-hydrogen) atoms. The van der Waals surface area contributed by atoms with Crippen LogP contribution in [-0.2, 0) is 9.53 Å². The highest BCUT2D eigenvalue weighted by Gasteiger charge is 2.29. The Morgan fingerprint density at radius 1 is 1.03 bits per heavy atom. The van der Waals surface area contributed by atoms with E-state index in [4.69, 9.17) is 11.2 Å². The molecule has 0 aliphatic heterocycles. The molecule has 1 unspecified atom stereocenters. The van der Waals surface area contributed by atoms with E-state index in [1.165, 1.54) is 18.2 Å². The molecular weight excluding hydrogens is 512 g/mol. The summed E-state index contributed by atoms with van der Waals surface area (Å²) in [6.45, 7) is 0.0962. The molecule has 1 atom stereocenters. The summed E-state index contributed by atoms with van der Waals surface area (Å²) < 4.78 is 5.88. The first-order valence-corrected chi connectivity index (χ1v) is 11.6. The molecule has 2 amide bonds. The van der Waals surface area contributed by atoms with Crippen LogP contribution in [0.1, 0.15) is 33.8 Å². The number of aromatic carboxylic acids is 1. The molecule has 0 bridgehead atoms. The highest BCUT2D eigenvalue weighted by atomic mass is 79.9. The van der Waals surface area contributed by atoms with E-state index >= 15 is 0 Å². The zero-order valence-electron chi connectivity index (χ0n) is 18.5. The van der Waals surface area contributed by atoms with Crippen LogP contribution in [0, 0.1) is 12.3 Å². The lowest BCUT2D eigenvalue weighted by Crippen LogP contribution is -2.44. The molecule has 3 aromatic carbocycles. The largest absolute Gasteiger partial charge is 0.478 e. The van der Waals surface area contributed by atoms with Crippen LogP contribution in [0.5, 0.6) is 0 Å². The van der Waals surface area contributed by atoms with Crippen molar-refractivity contribution in [3.63, 3.8) is 0 Å². The molecule has 1 aliphatic rings. The Labute approximate surface area is 210 Å². The number of carboxylic acid groups (broad SMARTS) is 1. The molecule has 0 saturated heterocycles. The van der Waals surface area contributed by atoms with Gasteiger partial charge < -0.3 is 20.5 Å². The first kappa shape index (κ1) is 24.0. The van der Waals surface area contributed by atoms with Crippen LogP contribution in [0.4, 0.5) is 10.5 Å². The topological polar surface area (TPSA) is 105 Å². The van der Waals surface area contributed by atoms with Crippen molar-refractivity contribution in [2.45, 2.75) is 18.4 Å². The van der Waals surface area contributed by atoms with Crippen molar-refractivity contribution in [3.8, 4) is 23.5 Å². The highest BCUT2D eigenvalue weighted by Crippen LogP contribution is 2.44. The van der Waals surface area contributed by atoms with Crippen LogP contribution in [-0.4, -0.2) is 35.7 Å². The second-order valence-electron chi connectivity index (χ2n) is 7.92. The Hall–Kier alpha value is -4.09. The summed E-state index contributed by atoms with van der Waals surface area (Å²) in [5, 5.41) is 14.4. The zero-order valence-corrected chi connectivity index (χ0v) is 20.0. The van der Waals surface area contributed by atoms with Crippen molar-refractivity contribution < 1.29 is 24.2 Å². The van der Waals surface area contributed by atoms with Crippen LogP contribution < -0.4 is 10.6 Å². The van der Waals surface area contributed by atoms with E-state index in [2.05, 4.69) is 32.5 Å². The fraction of sp³-hybridized carbons (Fsp3) is 0.148. The minimum atomic E-state index is -1.15. The molecule has 7 nitrogen and oxygen atoms in total. The Kier molecular flexibility index (Phi) is 7.18. The number of nitrogens with one attached hydrogen (secondary N) is 2. The second-order valence-corrected chi connectivity index (χ2v) is 8.77. The molecule has 3 N–H and O–H groups in total. The van der Waals surface area contributed by atoms with Crippen LogP contribution >= 0.6 is 15.9 Å². The van der Waals surface area contributed by atoms with Crippen molar-refractivity contribution in [1.82, 2.24) is 5.32 Å². The number of amides is 2. The van der Waals surface area contributed by atoms with Gasteiger partial charge in [0.05, 0.1) is 5.56 Å². The van der Waals surface area contributed by atoms with Gasteiger partial charge in [-0.3, -0.25) is 4.79 Å². The van der Waals surface area contributed by atoms with E-state index in [1.807, 2.05) is 48.5 Å². The van der Waals surface area contributed by atoms with Crippen LogP contribution in [0.15, 0.2) is 71.2 Å². The molecule has 0 spiro atoms. The van der Waals surface area contributed by atoms with Gasteiger partial charge in [-0.15, -0.1) is 12.3 Å². The SMILES string of the molecule is C#CCC(NC(=O)OCC1c2ccccc2-c2ccccc21)C(=O)Nc1ccc(Br)c(C(=O)O)c1. The minimum absolute atomic E-state index is 0.0132. The molecule has 3 aromatic rings. The lowest BCUT2D eigenvalue weighted by molar-refractivity contribution is -0.118. The molecule has 0 radical (unpaired) electrons. The summed E-state index contributed by atoms with van der Waals surface area (Å²) in [6, 6.07) is 19.2. The number of benzene rings is 3. The van der Waals surface area contributed by atoms with E-state index in [0.29, 0.717) is 4.47 Å². The number of alkyl carbamates (subject to hydrolysis) is 1. The number of fused-ring (bicyclic) bond motifs is 3. The van der Waals surface area contributed by atoms with Crippen molar-refractivity contribution in [1.29, 1.82) is 0 Å². The second kappa shape index (κ2) is 10.5. The van der Waals surface area contributed by atoms with E-state index in [9.17, 15) is 19.5 Å². The maximum atomic E-state index is 12.8. The molecule has 0 fully saturated rings. The van der Waals surface area contributed by atoms with Gasteiger partial charge in [0.15, 0.2) is 0 Å². The van der Waals surface area contributed by atoms with Gasteiger partial charge in [0.1, 0.15) is 12.6 Å². The van der Waals surface area contributed by atoms with Crippen molar-refractivity contribution >= 4 is 39.6 Å². The monoisotopic (exact) mass is 532 g/mol. The number of rotatable bonds is 7. The van der Waals surface area contributed by atoms with E-state index < -0.39 is 24.0 Å². The first-order valence-electron chi connectivity index (χ1n) is 10.8. The molecule has 0 saturated carbocycles. The van der Waals surface area contributed by atoms with Gasteiger partial charge >= 0.3 is 12.1 Å². The van der Waals surface area contributed by atoms with Gasteiger partial charge in [-0.05, 0) is 56.4 Å². The molecule has 8 heteroatoms. The highest BCUT2D eigenvalue weighted by molar-refractivity contribution is 9.10. The Balaban J connectivity index is 1.42. The predicted octanol–water partition coefficient (Wildman–Crippen LogP) is 5.02. The number of halogens is 1. The third-order valence-electron chi connectivity index (χ3n) is 5.74. The summed E-state index contributed by atoms with van der Waals surface area (Å²) >= 11 is 3.16. The number of terminal acetylenes is 1. The summed E-state index contributed by atoms with van der Waals surface area (Å²) in [7, 11) is 0. The quantitative estimate of drug-likeness (QED) is 0.370. The lowest BCUT2D eigenvalue weighted by atomic mass is 9.98. The van der Waals surface area contributed by atoms with Gasteiger partial charge in [-0.1, -0.05) is 48.5 Å². The van der Waals surface area contributed by atoms with Crippen molar-refractivity contribution in [2.75, 3.05) is 11.9 Å². The Morgan fingerprint density at radius 2 is 1.66 bits per heavy atom. The molecule has 1 aliphatic carbocycles. The average molecular weight is 533 g/mol. The number of hydrogen-bond donors (Lipinski definition) is 3. The third-order valence-corrected chi connectivity index (χ3v) is 6.43. The lowest BCUT2D eigenvalue weighted by Gasteiger charge is -2.18. The van der Waals surface area contributed by atoms with E-state index in [1.54, 1.807) is 0 Å². The summed E-state index contributed by atoms with van der Waals surface area (Å²) in [4.78, 5) is 36.7. The number of carbonyl (C=O) groups excluding carboxylic acids is 2. The van der Waals surface area contributed by atoms with Crippen LogP contribution in [0.2, 0.25) is 0 Å². The average Bonchev–Trinajstić information content (AvgIpc) is 3.17. The summed E-state index contributed by atoms with van der Waals surface area (Å²) in [6.07, 6.45) is 4.55. The van der Waals surface area contributed by atoms with Gasteiger partial charge in [-0.25, -0.2) is 9.59 Å². The van der Waals surface area contributed by atoms with Crippen LogP contribution in [0.25, 0.3) is 11.1 Å². The minimum Gasteiger partial charge on any atom is -0.478 e. The van der Waals surface area contributed by atoms with Crippen molar-refractivity contribution in [3.05, 3.63) is 87.9 Å². The normalized spacial score (nSPS) is 12.6. The number of ether oxygens (including phenoxy) is 1. The standard InChI is InChI=1S/C27H21BrN2O5/c1-2-7-24(25(31)29-16-12-13-23(28)21(14-16)26(32)33)30-27(34)35-15-22-19-10-5-3-8-17(19)18-9-4-6-11-20(18)22/h1,3-6,8-14,22,24H,7,15H2,(H,29,31)(H,30,34)(H,32,33).